The van der Waals surface area contributed by atoms with Crippen molar-refractivity contribution >= 4 is 40.9 Å². The van der Waals surface area contributed by atoms with Crippen LogP contribution in [0, 0.1) is 42.4 Å². The van der Waals surface area contributed by atoms with Crippen molar-refractivity contribution in [3.8, 4) is 11.5 Å². The van der Waals surface area contributed by atoms with Crippen LogP contribution in [0.5, 0.6) is 11.5 Å². The summed E-state index contributed by atoms with van der Waals surface area (Å²) in [4.78, 5) is 57.4. The highest BCUT2D eigenvalue weighted by molar-refractivity contribution is 8.00. The number of carbonyl (C=O) groups excluding carboxylic acids is 2. The number of fused-ring (bicyclic) bond motifs is 9. The number of imide groups is 1. The van der Waals surface area contributed by atoms with Crippen molar-refractivity contribution in [2.45, 2.75) is 56.0 Å². The van der Waals surface area contributed by atoms with Crippen molar-refractivity contribution in [2.75, 3.05) is 7.11 Å². The van der Waals surface area contributed by atoms with Gasteiger partial charge in [-0.25, -0.2) is 4.79 Å². The van der Waals surface area contributed by atoms with E-state index < -0.39 is 29.8 Å². The van der Waals surface area contributed by atoms with Gasteiger partial charge in [0.1, 0.15) is 12.6 Å². The summed E-state index contributed by atoms with van der Waals surface area (Å²) in [6.07, 6.45) is 0.729. The van der Waals surface area contributed by atoms with Gasteiger partial charge in [-0.15, -0.1) is 11.8 Å². The van der Waals surface area contributed by atoms with Gasteiger partial charge < -0.3 is 19.6 Å². The summed E-state index contributed by atoms with van der Waals surface area (Å²) in [5, 5.41) is 10.8. The quantitative estimate of drug-likeness (QED) is 0.335. The lowest BCUT2D eigenvalue weighted by Gasteiger charge is -2.43. The maximum Gasteiger partial charge on any atom is 0.327 e. The van der Waals surface area contributed by atoms with Crippen LogP contribution in [-0.4, -0.2) is 51.2 Å². The molecule has 2 saturated carbocycles. The lowest BCUT2D eigenvalue weighted by Crippen LogP contribution is -2.49. The molecule has 7 rings (SSSR count). The lowest BCUT2D eigenvalue weighted by atomic mass is 9.68. The minimum atomic E-state index is -1.18. The van der Waals surface area contributed by atoms with Crippen LogP contribution in [0.2, 0.25) is 0 Å². The molecule has 1 aromatic heterocycles. The Morgan fingerprint density at radius 1 is 1.07 bits per heavy atom. The van der Waals surface area contributed by atoms with E-state index in [2.05, 4.69) is 4.98 Å². The molecule has 2 bridgehead atoms. The minimum absolute atomic E-state index is 0.00556. The van der Waals surface area contributed by atoms with Gasteiger partial charge in [0.2, 0.25) is 11.8 Å². The molecule has 1 saturated heterocycles. The molecule has 3 heterocycles. The Hall–Kier alpha value is -3.57. The number of benzene rings is 2. The minimum Gasteiger partial charge on any atom is -0.493 e. The molecule has 2 aliphatic heterocycles. The van der Waals surface area contributed by atoms with Gasteiger partial charge in [-0.3, -0.25) is 19.3 Å². The number of rotatable bonds is 8. The Kier molecular flexibility index (Phi) is 7.16. The Bertz CT molecular complexity index is 1730. The maximum atomic E-state index is 13.9. The molecular formula is C33H34N2O7S2. The van der Waals surface area contributed by atoms with E-state index in [0.29, 0.717) is 18.1 Å². The van der Waals surface area contributed by atoms with Gasteiger partial charge >= 0.3 is 10.8 Å². The van der Waals surface area contributed by atoms with Gasteiger partial charge in [0, 0.05) is 16.0 Å². The molecule has 3 fully saturated rings. The van der Waals surface area contributed by atoms with Gasteiger partial charge in [-0.05, 0) is 65.8 Å². The van der Waals surface area contributed by atoms with Crippen LogP contribution in [0.1, 0.15) is 47.8 Å². The van der Waals surface area contributed by atoms with Gasteiger partial charge in [0.15, 0.2) is 11.5 Å². The zero-order valence-electron chi connectivity index (χ0n) is 24.8. The number of carboxylic acids is 1. The number of thioether (sulfide) groups is 1. The second kappa shape index (κ2) is 10.8. The molecule has 4 aliphatic rings. The van der Waals surface area contributed by atoms with E-state index in [9.17, 15) is 24.3 Å². The Labute approximate surface area is 263 Å². The molecule has 230 valence electrons. The number of hydrogen-bond acceptors (Lipinski definition) is 8. The highest BCUT2D eigenvalue weighted by Crippen LogP contribution is 2.68. The summed E-state index contributed by atoms with van der Waals surface area (Å²) in [6.45, 7) is 5.89. The number of nitrogens with zero attached hydrogens (tertiary/aromatic N) is 1. The number of aromatic amines is 1. The fraction of sp³-hybridized carbons (Fsp3) is 0.455. The first kappa shape index (κ1) is 29.2. The molecule has 7 unspecified atom stereocenters. The van der Waals surface area contributed by atoms with Crippen molar-refractivity contribution in [3.05, 3.63) is 73.7 Å². The third-order valence-electron chi connectivity index (χ3n) is 10.1. The number of aryl methyl sites for hydroxylation is 1. The topological polar surface area (TPSA) is 126 Å². The van der Waals surface area contributed by atoms with Crippen LogP contribution < -0.4 is 14.3 Å². The van der Waals surface area contributed by atoms with Crippen molar-refractivity contribution in [1.29, 1.82) is 0 Å². The van der Waals surface area contributed by atoms with Crippen LogP contribution in [0.3, 0.4) is 0 Å². The molecule has 0 spiro atoms. The number of likely N-dealkylation sites (tertiary alicyclic amines) is 1. The SMILES string of the molecule is COc1cc([C@H]2c3sc(=O)[nH]c3SC3C4CC(C5C(=O)N(C(C(=O)O)C(C)C)C(=O)C45)C32)ccc1OCc1ccccc1C. The standard InChI is InChI=1S/C33H34N2O7S2/c1-14(2)26(32(38)39)35-30(36)24-18-12-19(25(24)31(35)37)27-23(18)22(28-29(43-27)34-33(40)44-28)16-9-10-20(21(11-16)41-4)42-13-17-8-6-5-7-15(17)3/h5-11,14,18-19,22-27H,12-13H2,1-4H3,(H,34,40)(H,38,39)/t18?,19?,22-,23?,24?,25?,26?,27?/m1/s1. The van der Waals surface area contributed by atoms with Crippen molar-refractivity contribution in [2.24, 2.45) is 35.5 Å². The van der Waals surface area contributed by atoms with Crippen LogP contribution in [-0.2, 0) is 21.0 Å². The average molecular weight is 635 g/mol. The molecule has 2 N–H and O–H groups in total. The predicted octanol–water partition coefficient (Wildman–Crippen LogP) is 4.91. The van der Waals surface area contributed by atoms with Gasteiger partial charge in [0.25, 0.3) is 0 Å². The fourth-order valence-corrected chi connectivity index (χ4v) is 11.2. The largest absolute Gasteiger partial charge is 0.493 e. The number of aromatic nitrogens is 1. The Morgan fingerprint density at radius 2 is 1.80 bits per heavy atom. The summed E-state index contributed by atoms with van der Waals surface area (Å²) in [5.41, 5.74) is 3.18. The van der Waals surface area contributed by atoms with E-state index in [4.69, 9.17) is 9.47 Å². The van der Waals surface area contributed by atoms with Gasteiger partial charge in [-0.2, -0.15) is 0 Å². The van der Waals surface area contributed by atoms with E-state index in [1.54, 1.807) is 32.7 Å². The highest BCUT2D eigenvalue weighted by Gasteiger charge is 2.70. The third-order valence-corrected chi connectivity index (χ3v) is 12.7. The first-order valence-electron chi connectivity index (χ1n) is 14.9. The molecule has 9 nitrogen and oxygen atoms in total. The summed E-state index contributed by atoms with van der Waals surface area (Å²) >= 11 is 2.80. The smallest absolute Gasteiger partial charge is 0.327 e. The highest BCUT2D eigenvalue weighted by atomic mass is 32.2. The molecule has 11 heteroatoms. The van der Waals surface area contributed by atoms with Gasteiger partial charge in [0.05, 0.1) is 24.0 Å². The maximum absolute atomic E-state index is 13.9. The number of thiazole rings is 1. The van der Waals surface area contributed by atoms with E-state index in [0.717, 1.165) is 37.9 Å². The first-order chi connectivity index (χ1) is 21.1. The number of methoxy groups -OCH3 is 1. The summed E-state index contributed by atoms with van der Waals surface area (Å²) in [6, 6.07) is 12.8. The number of aliphatic carboxylic acids is 1. The zero-order valence-corrected chi connectivity index (χ0v) is 26.4. The monoisotopic (exact) mass is 634 g/mol. The van der Waals surface area contributed by atoms with Crippen molar-refractivity contribution in [3.63, 3.8) is 0 Å². The van der Waals surface area contributed by atoms with Gasteiger partial charge in [-0.1, -0.05) is 55.5 Å². The molecule has 8 atom stereocenters. The fourth-order valence-electron chi connectivity index (χ4n) is 8.31. The molecule has 2 aliphatic carbocycles. The summed E-state index contributed by atoms with van der Waals surface area (Å²) in [5.74, 6) is -2.55. The number of nitrogens with one attached hydrogen (secondary N) is 1. The molecule has 2 aromatic carbocycles. The van der Waals surface area contributed by atoms with E-state index in [1.165, 1.54) is 11.3 Å². The molecule has 0 radical (unpaired) electrons. The Balaban J connectivity index is 1.25. The normalized spacial score (nSPS) is 29.0. The molecule has 2 amide bonds. The average Bonchev–Trinajstić information content (AvgIpc) is 3.72. The summed E-state index contributed by atoms with van der Waals surface area (Å²) < 4.78 is 12.0. The van der Waals surface area contributed by atoms with Crippen molar-refractivity contribution in [1.82, 2.24) is 9.88 Å². The van der Waals surface area contributed by atoms with E-state index in [-0.39, 0.29) is 45.6 Å². The number of hydrogen-bond donors (Lipinski definition) is 2. The third kappa shape index (κ3) is 4.34. The molecule has 3 aromatic rings. The predicted molar refractivity (Wildman–Crippen MR) is 165 cm³/mol. The van der Waals surface area contributed by atoms with Crippen LogP contribution in [0.4, 0.5) is 0 Å². The number of carboxylic acid groups (broad SMARTS) is 1. The molecule has 44 heavy (non-hydrogen) atoms. The second-order valence-electron chi connectivity index (χ2n) is 12.7. The number of amides is 2. The number of ether oxygens (including phenoxy) is 2. The van der Waals surface area contributed by atoms with Crippen LogP contribution in [0.15, 0.2) is 52.3 Å². The zero-order chi connectivity index (χ0) is 31.0. The Morgan fingerprint density at radius 3 is 2.48 bits per heavy atom. The van der Waals surface area contributed by atoms with Crippen LogP contribution in [0.25, 0.3) is 0 Å². The first-order valence-corrected chi connectivity index (χ1v) is 16.6. The lowest BCUT2D eigenvalue weighted by molar-refractivity contribution is -0.157. The number of carbonyl (C=O) groups is 3. The van der Waals surface area contributed by atoms with E-state index in [1.807, 2.05) is 49.4 Å². The summed E-state index contributed by atoms with van der Waals surface area (Å²) in [7, 11) is 1.60. The van der Waals surface area contributed by atoms with Crippen molar-refractivity contribution < 1.29 is 29.0 Å². The van der Waals surface area contributed by atoms with Crippen LogP contribution >= 0.6 is 23.1 Å². The molecular weight excluding hydrogens is 601 g/mol. The number of H-pyrrole nitrogens is 1. The van der Waals surface area contributed by atoms with E-state index >= 15 is 0 Å². The second-order valence-corrected chi connectivity index (χ2v) is 14.9.